The van der Waals surface area contributed by atoms with Crippen molar-refractivity contribution in [2.75, 3.05) is 4.90 Å². The second kappa shape index (κ2) is 7.74. The average Bonchev–Trinajstić information content (AvgIpc) is 3.62. The molecule has 3 unspecified atom stereocenters. The number of furan rings is 1. The van der Waals surface area contributed by atoms with Gasteiger partial charge in [0.05, 0.1) is 18.2 Å². The number of ketones is 3. The van der Waals surface area contributed by atoms with E-state index in [-0.39, 0.29) is 17.3 Å². The van der Waals surface area contributed by atoms with Crippen molar-refractivity contribution in [1.82, 2.24) is 0 Å². The zero-order chi connectivity index (χ0) is 25.3. The van der Waals surface area contributed by atoms with Crippen LogP contribution in [0.4, 0.5) is 5.69 Å². The standard InChI is InChI=1S/C32H23NO4/c1-19-13-14-20-15-16-26-32(30(35)22-10-5-6-11-23(22)31(32)36)27(25-12-7-17-37-25)28(33(26)24(20)18-19)29(34)21-8-3-2-4-9-21/h2-18,26-28H,1H3. The highest BCUT2D eigenvalue weighted by Crippen LogP contribution is 2.61. The first-order valence-corrected chi connectivity index (χ1v) is 12.4. The summed E-state index contributed by atoms with van der Waals surface area (Å²) in [6.07, 6.45) is 5.43. The second-order valence-electron chi connectivity index (χ2n) is 10.0. The van der Waals surface area contributed by atoms with Crippen LogP contribution in [0, 0.1) is 12.3 Å². The van der Waals surface area contributed by atoms with Crippen molar-refractivity contribution in [1.29, 1.82) is 0 Å². The molecule has 3 aromatic carbocycles. The number of hydrogen-bond acceptors (Lipinski definition) is 5. The molecule has 0 N–H and O–H groups in total. The Hall–Kier alpha value is -4.51. The van der Waals surface area contributed by atoms with Crippen LogP contribution < -0.4 is 4.90 Å². The molecule has 1 fully saturated rings. The van der Waals surface area contributed by atoms with Crippen LogP contribution in [0.25, 0.3) is 6.08 Å². The van der Waals surface area contributed by atoms with E-state index in [1.54, 1.807) is 48.5 Å². The van der Waals surface area contributed by atoms with E-state index in [9.17, 15) is 14.4 Å². The van der Waals surface area contributed by atoms with Crippen LogP contribution in [0.15, 0.2) is 102 Å². The van der Waals surface area contributed by atoms with Crippen LogP contribution in [0.1, 0.15) is 53.9 Å². The summed E-state index contributed by atoms with van der Waals surface area (Å²) in [6.45, 7) is 2.00. The predicted octanol–water partition coefficient (Wildman–Crippen LogP) is 5.90. The smallest absolute Gasteiger partial charge is 0.186 e. The molecule has 5 nitrogen and oxygen atoms in total. The molecule has 37 heavy (non-hydrogen) atoms. The first kappa shape index (κ1) is 21.7. The Bertz CT molecular complexity index is 1580. The number of fused-ring (bicyclic) bond motifs is 5. The first-order chi connectivity index (χ1) is 18.0. The second-order valence-corrected chi connectivity index (χ2v) is 10.0. The highest BCUT2D eigenvalue weighted by molar-refractivity contribution is 6.32. The quantitative estimate of drug-likeness (QED) is 0.267. The lowest BCUT2D eigenvalue weighted by Gasteiger charge is -2.37. The molecule has 1 aromatic heterocycles. The van der Waals surface area contributed by atoms with Crippen LogP contribution in [0.5, 0.6) is 0 Å². The Labute approximate surface area is 214 Å². The Morgan fingerprint density at radius 3 is 2.24 bits per heavy atom. The van der Waals surface area contributed by atoms with Gasteiger partial charge < -0.3 is 9.32 Å². The Morgan fingerprint density at radius 1 is 0.865 bits per heavy atom. The molecule has 7 rings (SSSR count). The minimum Gasteiger partial charge on any atom is -0.469 e. The maximum atomic E-state index is 14.4. The molecule has 180 valence electrons. The number of benzene rings is 3. The highest BCUT2D eigenvalue weighted by Gasteiger charge is 2.72. The van der Waals surface area contributed by atoms with Crippen molar-refractivity contribution in [2.24, 2.45) is 5.41 Å². The van der Waals surface area contributed by atoms with Gasteiger partial charge in [0.15, 0.2) is 17.3 Å². The van der Waals surface area contributed by atoms with Gasteiger partial charge in [0.25, 0.3) is 0 Å². The third kappa shape index (κ3) is 2.77. The number of carbonyl (C=O) groups is 3. The van der Waals surface area contributed by atoms with E-state index in [1.807, 2.05) is 60.4 Å². The largest absolute Gasteiger partial charge is 0.469 e. The van der Waals surface area contributed by atoms with E-state index in [1.165, 1.54) is 6.26 Å². The van der Waals surface area contributed by atoms with Gasteiger partial charge in [-0.25, -0.2) is 0 Å². The number of anilines is 1. The van der Waals surface area contributed by atoms with E-state index in [0.717, 1.165) is 16.8 Å². The van der Waals surface area contributed by atoms with E-state index in [2.05, 4.69) is 0 Å². The highest BCUT2D eigenvalue weighted by atomic mass is 16.3. The van der Waals surface area contributed by atoms with Gasteiger partial charge in [0.2, 0.25) is 0 Å². The van der Waals surface area contributed by atoms with Gasteiger partial charge in [0.1, 0.15) is 17.2 Å². The molecule has 0 bridgehead atoms. The number of rotatable bonds is 3. The summed E-state index contributed by atoms with van der Waals surface area (Å²) in [5, 5.41) is 0. The van der Waals surface area contributed by atoms with Crippen molar-refractivity contribution < 1.29 is 18.8 Å². The summed E-state index contributed by atoms with van der Waals surface area (Å²) in [6, 6.07) is 24.2. The summed E-state index contributed by atoms with van der Waals surface area (Å²) >= 11 is 0. The molecule has 5 heteroatoms. The van der Waals surface area contributed by atoms with E-state index in [4.69, 9.17) is 4.42 Å². The topological polar surface area (TPSA) is 67.6 Å². The summed E-state index contributed by atoms with van der Waals surface area (Å²) < 4.78 is 5.93. The molecule has 1 saturated heterocycles. The molecular weight excluding hydrogens is 462 g/mol. The normalized spacial score (nSPS) is 22.7. The molecule has 1 spiro atoms. The SMILES string of the molecule is Cc1ccc2c(c1)N1C(C(=O)c3ccccc3)C(c3ccco3)C3(C(=O)c4ccccc4C3=O)C1C=C2. The zero-order valence-electron chi connectivity index (χ0n) is 20.1. The predicted molar refractivity (Wildman–Crippen MR) is 140 cm³/mol. The summed E-state index contributed by atoms with van der Waals surface area (Å²) in [4.78, 5) is 45.3. The number of carbonyl (C=O) groups excluding carboxylic acids is 3. The van der Waals surface area contributed by atoms with E-state index in [0.29, 0.717) is 22.5 Å². The fraction of sp³-hybridized carbons (Fsp3) is 0.156. The van der Waals surface area contributed by atoms with Gasteiger partial charge in [-0.2, -0.15) is 0 Å². The van der Waals surface area contributed by atoms with Crippen molar-refractivity contribution in [3.8, 4) is 0 Å². The third-order valence-corrected chi connectivity index (χ3v) is 8.14. The minimum atomic E-state index is -1.53. The van der Waals surface area contributed by atoms with Crippen molar-refractivity contribution >= 4 is 29.1 Å². The van der Waals surface area contributed by atoms with Crippen LogP contribution in [-0.2, 0) is 0 Å². The van der Waals surface area contributed by atoms with Gasteiger partial charge in [-0.3, -0.25) is 14.4 Å². The lowest BCUT2D eigenvalue weighted by molar-refractivity contribution is 0.0652. The first-order valence-electron chi connectivity index (χ1n) is 12.4. The van der Waals surface area contributed by atoms with E-state index < -0.39 is 23.4 Å². The molecule has 0 amide bonds. The number of aryl methyl sites for hydroxylation is 1. The van der Waals surface area contributed by atoms with E-state index >= 15 is 0 Å². The molecule has 2 aliphatic heterocycles. The van der Waals surface area contributed by atoms with Crippen LogP contribution >= 0.6 is 0 Å². The Kier molecular flexibility index (Phi) is 4.55. The van der Waals surface area contributed by atoms with Gasteiger partial charge in [0, 0.05) is 22.4 Å². The molecule has 4 aromatic rings. The molecule has 3 aliphatic rings. The third-order valence-electron chi connectivity index (χ3n) is 8.14. The number of Topliss-reactive ketones (excluding diaryl/α,β-unsaturated/α-hetero) is 3. The van der Waals surface area contributed by atoms with Crippen molar-refractivity contribution in [2.45, 2.75) is 24.9 Å². The van der Waals surface area contributed by atoms with Crippen LogP contribution in [-0.4, -0.2) is 29.4 Å². The van der Waals surface area contributed by atoms with Crippen LogP contribution in [0.2, 0.25) is 0 Å². The van der Waals surface area contributed by atoms with Crippen LogP contribution in [0.3, 0.4) is 0 Å². The summed E-state index contributed by atoms with van der Waals surface area (Å²) in [5.74, 6) is -1.02. The molecule has 0 saturated carbocycles. The maximum Gasteiger partial charge on any atom is 0.186 e. The summed E-state index contributed by atoms with van der Waals surface area (Å²) in [5.41, 5.74) is 2.61. The van der Waals surface area contributed by atoms with Crippen molar-refractivity contribution in [3.63, 3.8) is 0 Å². The van der Waals surface area contributed by atoms with Crippen molar-refractivity contribution in [3.05, 3.63) is 131 Å². The number of nitrogens with zero attached hydrogens (tertiary/aromatic N) is 1. The molecule has 0 radical (unpaired) electrons. The fourth-order valence-corrected chi connectivity index (χ4v) is 6.62. The number of hydrogen-bond donors (Lipinski definition) is 0. The molecule has 3 atom stereocenters. The van der Waals surface area contributed by atoms with Gasteiger partial charge in [-0.05, 0) is 36.2 Å². The molecule has 1 aliphatic carbocycles. The average molecular weight is 486 g/mol. The lowest BCUT2D eigenvalue weighted by atomic mass is 9.65. The monoisotopic (exact) mass is 485 g/mol. The minimum absolute atomic E-state index is 0.150. The van der Waals surface area contributed by atoms with Gasteiger partial charge >= 0.3 is 0 Å². The van der Waals surface area contributed by atoms with Gasteiger partial charge in [-0.15, -0.1) is 0 Å². The lowest BCUT2D eigenvalue weighted by Crippen LogP contribution is -2.48. The van der Waals surface area contributed by atoms with Gasteiger partial charge in [-0.1, -0.05) is 78.9 Å². The fourth-order valence-electron chi connectivity index (χ4n) is 6.62. The molecule has 3 heterocycles. The Morgan fingerprint density at radius 2 is 1.57 bits per heavy atom. The summed E-state index contributed by atoms with van der Waals surface area (Å²) in [7, 11) is 0. The zero-order valence-corrected chi connectivity index (χ0v) is 20.1. The Balaban J connectivity index is 1.55. The molecular formula is C32H23NO4. The maximum absolute atomic E-state index is 14.4.